The first kappa shape index (κ1) is 17.5. The van der Waals surface area contributed by atoms with Crippen LogP contribution in [0.4, 0.5) is 4.39 Å². The van der Waals surface area contributed by atoms with Crippen LogP contribution in [0, 0.1) is 11.7 Å². The molecule has 134 valence electrons. The minimum Gasteiger partial charge on any atom is -0.497 e. The summed E-state index contributed by atoms with van der Waals surface area (Å²) in [7, 11) is 1.62. The molecule has 0 bridgehead atoms. The SMILES string of the molecule is COc1ccc2c(c1)OCO2.C[C@@H]1CNCCC1c1ccc(F)cc1. The summed E-state index contributed by atoms with van der Waals surface area (Å²) in [6.07, 6.45) is 1.16. The average molecular weight is 345 g/mol. The standard InChI is InChI=1S/C12H16FN.C8H8O3/c1-9-8-14-7-6-12(9)10-2-4-11(13)5-3-10;1-9-6-2-3-7-8(4-6)11-5-10-7/h2-5,9,12,14H,6-8H2,1H3;2-4H,5H2,1H3/t9-,12?;/m1./s1. The van der Waals surface area contributed by atoms with Crippen molar-refractivity contribution in [1.82, 2.24) is 5.32 Å². The molecule has 1 unspecified atom stereocenters. The topological polar surface area (TPSA) is 39.7 Å². The molecule has 2 atom stereocenters. The summed E-state index contributed by atoms with van der Waals surface area (Å²) in [6, 6.07) is 12.4. The van der Waals surface area contributed by atoms with Crippen LogP contribution in [-0.2, 0) is 0 Å². The second-order valence-electron chi connectivity index (χ2n) is 6.35. The fourth-order valence-corrected chi connectivity index (χ4v) is 3.22. The van der Waals surface area contributed by atoms with Crippen molar-refractivity contribution in [2.75, 3.05) is 27.0 Å². The number of ether oxygens (including phenoxy) is 3. The van der Waals surface area contributed by atoms with Gasteiger partial charge in [-0.3, -0.25) is 0 Å². The van der Waals surface area contributed by atoms with Crippen LogP contribution < -0.4 is 19.5 Å². The van der Waals surface area contributed by atoms with Gasteiger partial charge in [0.15, 0.2) is 11.5 Å². The van der Waals surface area contributed by atoms with Crippen LogP contribution in [-0.4, -0.2) is 27.0 Å². The Morgan fingerprint density at radius 1 is 1.08 bits per heavy atom. The molecule has 0 aliphatic carbocycles. The van der Waals surface area contributed by atoms with Crippen LogP contribution >= 0.6 is 0 Å². The van der Waals surface area contributed by atoms with E-state index >= 15 is 0 Å². The Morgan fingerprint density at radius 2 is 1.84 bits per heavy atom. The highest BCUT2D eigenvalue weighted by Gasteiger charge is 2.22. The highest BCUT2D eigenvalue weighted by atomic mass is 19.1. The lowest BCUT2D eigenvalue weighted by atomic mass is 9.82. The van der Waals surface area contributed by atoms with E-state index in [-0.39, 0.29) is 5.82 Å². The zero-order chi connectivity index (χ0) is 17.6. The maximum absolute atomic E-state index is 12.7. The summed E-state index contributed by atoms with van der Waals surface area (Å²) in [5.41, 5.74) is 1.28. The van der Waals surface area contributed by atoms with Crippen molar-refractivity contribution in [2.45, 2.75) is 19.3 Å². The number of nitrogens with one attached hydrogen (secondary N) is 1. The largest absolute Gasteiger partial charge is 0.497 e. The predicted octanol–water partition coefficient (Wildman–Crippen LogP) is 3.96. The molecule has 0 radical (unpaired) electrons. The molecule has 5 heteroatoms. The van der Waals surface area contributed by atoms with Crippen molar-refractivity contribution in [3.05, 3.63) is 53.8 Å². The number of benzene rings is 2. The van der Waals surface area contributed by atoms with E-state index in [0.29, 0.717) is 18.6 Å². The molecule has 0 saturated carbocycles. The molecule has 4 nitrogen and oxygen atoms in total. The quantitative estimate of drug-likeness (QED) is 0.894. The molecular weight excluding hydrogens is 321 g/mol. The van der Waals surface area contributed by atoms with E-state index in [1.165, 1.54) is 5.56 Å². The van der Waals surface area contributed by atoms with E-state index in [4.69, 9.17) is 14.2 Å². The monoisotopic (exact) mass is 345 g/mol. The van der Waals surface area contributed by atoms with Gasteiger partial charge in [-0.1, -0.05) is 19.1 Å². The second-order valence-corrected chi connectivity index (χ2v) is 6.35. The summed E-state index contributed by atoms with van der Waals surface area (Å²) in [4.78, 5) is 0. The van der Waals surface area contributed by atoms with Gasteiger partial charge in [0.25, 0.3) is 0 Å². The number of hydrogen-bond donors (Lipinski definition) is 1. The minimum absolute atomic E-state index is 0.143. The lowest BCUT2D eigenvalue weighted by molar-refractivity contribution is 0.174. The van der Waals surface area contributed by atoms with Gasteiger partial charge in [-0.05, 0) is 61.2 Å². The van der Waals surface area contributed by atoms with Crippen molar-refractivity contribution >= 4 is 0 Å². The Morgan fingerprint density at radius 3 is 2.56 bits per heavy atom. The fraction of sp³-hybridized carbons (Fsp3) is 0.400. The van der Waals surface area contributed by atoms with Crippen molar-refractivity contribution in [3.8, 4) is 17.2 Å². The highest BCUT2D eigenvalue weighted by molar-refractivity contribution is 5.46. The lowest BCUT2D eigenvalue weighted by Gasteiger charge is -2.29. The molecule has 1 N–H and O–H groups in total. The van der Waals surface area contributed by atoms with Crippen molar-refractivity contribution in [3.63, 3.8) is 0 Å². The molecule has 0 spiro atoms. The minimum atomic E-state index is -0.143. The van der Waals surface area contributed by atoms with Gasteiger partial charge in [0.1, 0.15) is 11.6 Å². The van der Waals surface area contributed by atoms with E-state index in [0.717, 1.165) is 36.8 Å². The predicted molar refractivity (Wildman–Crippen MR) is 94.9 cm³/mol. The molecule has 2 aromatic rings. The summed E-state index contributed by atoms with van der Waals surface area (Å²) >= 11 is 0. The van der Waals surface area contributed by atoms with Crippen LogP contribution in [0.2, 0.25) is 0 Å². The first-order valence-electron chi connectivity index (χ1n) is 8.57. The number of piperidine rings is 1. The van der Waals surface area contributed by atoms with Gasteiger partial charge in [-0.2, -0.15) is 0 Å². The van der Waals surface area contributed by atoms with Gasteiger partial charge in [0.2, 0.25) is 6.79 Å². The number of rotatable bonds is 2. The summed E-state index contributed by atoms with van der Waals surface area (Å²) in [5, 5.41) is 3.37. The molecule has 2 aliphatic heterocycles. The molecule has 2 heterocycles. The van der Waals surface area contributed by atoms with Gasteiger partial charge in [-0.25, -0.2) is 4.39 Å². The zero-order valence-corrected chi connectivity index (χ0v) is 14.6. The van der Waals surface area contributed by atoms with E-state index < -0.39 is 0 Å². The molecule has 2 aromatic carbocycles. The molecule has 25 heavy (non-hydrogen) atoms. The molecular formula is C20H24FNO3. The molecule has 4 rings (SSSR count). The Balaban J connectivity index is 0.000000150. The van der Waals surface area contributed by atoms with E-state index in [2.05, 4.69) is 12.2 Å². The second kappa shape index (κ2) is 8.21. The van der Waals surface area contributed by atoms with Gasteiger partial charge in [-0.15, -0.1) is 0 Å². The molecule has 1 fully saturated rings. The Bertz CT molecular complexity index is 690. The van der Waals surface area contributed by atoms with Crippen molar-refractivity contribution in [1.29, 1.82) is 0 Å². The summed E-state index contributed by atoms with van der Waals surface area (Å²) in [5.74, 6) is 3.42. The maximum atomic E-state index is 12.7. The van der Waals surface area contributed by atoms with Crippen LogP contribution in [0.25, 0.3) is 0 Å². The maximum Gasteiger partial charge on any atom is 0.231 e. The van der Waals surface area contributed by atoms with Gasteiger partial charge in [0, 0.05) is 6.07 Å². The third kappa shape index (κ3) is 4.42. The fourth-order valence-electron chi connectivity index (χ4n) is 3.22. The third-order valence-electron chi connectivity index (χ3n) is 4.66. The van der Waals surface area contributed by atoms with Gasteiger partial charge < -0.3 is 19.5 Å². The van der Waals surface area contributed by atoms with Crippen molar-refractivity contribution in [2.24, 2.45) is 5.92 Å². The third-order valence-corrected chi connectivity index (χ3v) is 4.66. The lowest BCUT2D eigenvalue weighted by Crippen LogP contribution is -2.33. The van der Waals surface area contributed by atoms with E-state index in [1.807, 2.05) is 30.3 Å². The average Bonchev–Trinajstić information content (AvgIpc) is 3.11. The number of halogens is 1. The first-order valence-corrected chi connectivity index (χ1v) is 8.57. The number of hydrogen-bond acceptors (Lipinski definition) is 4. The molecule has 1 saturated heterocycles. The number of fused-ring (bicyclic) bond motifs is 1. The Kier molecular flexibility index (Phi) is 5.76. The van der Waals surface area contributed by atoms with E-state index in [1.54, 1.807) is 19.2 Å². The smallest absolute Gasteiger partial charge is 0.231 e. The van der Waals surface area contributed by atoms with Crippen LogP contribution in [0.15, 0.2) is 42.5 Å². The summed E-state index contributed by atoms with van der Waals surface area (Å²) < 4.78 is 28.0. The van der Waals surface area contributed by atoms with Crippen molar-refractivity contribution < 1.29 is 18.6 Å². The Hall–Kier alpha value is -2.27. The summed E-state index contributed by atoms with van der Waals surface area (Å²) in [6.45, 7) is 4.71. The van der Waals surface area contributed by atoms with Gasteiger partial charge in [0.05, 0.1) is 7.11 Å². The normalized spacial score (nSPS) is 21.2. The van der Waals surface area contributed by atoms with E-state index in [9.17, 15) is 4.39 Å². The molecule has 0 amide bonds. The highest BCUT2D eigenvalue weighted by Crippen LogP contribution is 2.34. The first-order chi connectivity index (χ1) is 12.2. The van der Waals surface area contributed by atoms with Crippen LogP contribution in [0.3, 0.4) is 0 Å². The van der Waals surface area contributed by atoms with Gasteiger partial charge >= 0.3 is 0 Å². The molecule has 0 aromatic heterocycles. The van der Waals surface area contributed by atoms with Crippen LogP contribution in [0.1, 0.15) is 24.8 Å². The Labute approximate surface area is 147 Å². The zero-order valence-electron chi connectivity index (χ0n) is 14.6. The number of methoxy groups -OCH3 is 1. The van der Waals surface area contributed by atoms with Crippen LogP contribution in [0.5, 0.6) is 17.2 Å². The molecule has 2 aliphatic rings.